The SMILES string of the molecule is COc1cc(C=O)cc2c1O[C@@H]1[C@@H](O)[C@H](N(C(C)=O)C3CCCCCC3)C=C(C(=O)NCCO)[C@H]21. The highest BCUT2D eigenvalue weighted by Crippen LogP contribution is 2.51. The molecule has 4 atom stereocenters. The molecular formula is C26H34N2O7. The number of benzene rings is 1. The number of hydrogen-bond donors (Lipinski definition) is 3. The molecule has 0 spiro atoms. The first-order valence-electron chi connectivity index (χ1n) is 12.3. The summed E-state index contributed by atoms with van der Waals surface area (Å²) in [6.45, 7) is 1.33. The second kappa shape index (κ2) is 10.8. The summed E-state index contributed by atoms with van der Waals surface area (Å²) in [5.74, 6) is -0.529. The highest BCUT2D eigenvalue weighted by molar-refractivity contribution is 5.96. The minimum absolute atomic E-state index is 0.0378. The van der Waals surface area contributed by atoms with Crippen molar-refractivity contribution in [3.63, 3.8) is 0 Å². The van der Waals surface area contributed by atoms with E-state index in [2.05, 4.69) is 5.32 Å². The summed E-state index contributed by atoms with van der Waals surface area (Å²) in [4.78, 5) is 39.4. The number of aliphatic hydroxyl groups excluding tert-OH is 2. The molecule has 4 rings (SSSR count). The average Bonchev–Trinajstić information content (AvgIpc) is 3.04. The number of nitrogens with zero attached hydrogens (tertiary/aromatic N) is 1. The van der Waals surface area contributed by atoms with Crippen molar-refractivity contribution in [2.45, 2.75) is 75.7 Å². The highest BCUT2D eigenvalue weighted by Gasteiger charge is 2.52. The van der Waals surface area contributed by atoms with E-state index in [0.717, 1.165) is 38.5 Å². The van der Waals surface area contributed by atoms with Gasteiger partial charge in [0, 0.05) is 36.2 Å². The lowest BCUT2D eigenvalue weighted by Gasteiger charge is -2.43. The number of fused-ring (bicyclic) bond motifs is 3. The molecule has 35 heavy (non-hydrogen) atoms. The zero-order valence-electron chi connectivity index (χ0n) is 20.2. The number of ether oxygens (including phenoxy) is 2. The van der Waals surface area contributed by atoms with Gasteiger partial charge in [-0.25, -0.2) is 0 Å². The number of methoxy groups -OCH3 is 1. The second-order valence-electron chi connectivity index (χ2n) is 9.47. The van der Waals surface area contributed by atoms with Crippen LogP contribution in [0.2, 0.25) is 0 Å². The van der Waals surface area contributed by atoms with Crippen molar-refractivity contribution < 1.29 is 34.1 Å². The Morgan fingerprint density at radius 1 is 1.23 bits per heavy atom. The monoisotopic (exact) mass is 486 g/mol. The minimum atomic E-state index is -1.10. The summed E-state index contributed by atoms with van der Waals surface area (Å²) in [6.07, 6.45) is 6.33. The first kappa shape index (κ1) is 25.2. The summed E-state index contributed by atoms with van der Waals surface area (Å²) in [5, 5.41) is 23.5. The van der Waals surface area contributed by atoms with E-state index in [9.17, 15) is 24.6 Å². The van der Waals surface area contributed by atoms with Gasteiger partial charge >= 0.3 is 0 Å². The first-order chi connectivity index (χ1) is 16.9. The quantitative estimate of drug-likeness (QED) is 0.396. The molecule has 1 fully saturated rings. The molecule has 1 aromatic carbocycles. The average molecular weight is 487 g/mol. The molecule has 3 N–H and O–H groups in total. The van der Waals surface area contributed by atoms with Crippen LogP contribution < -0.4 is 14.8 Å². The van der Waals surface area contributed by atoms with Gasteiger partial charge in [0.2, 0.25) is 11.8 Å². The molecule has 9 nitrogen and oxygen atoms in total. The molecule has 1 aromatic rings. The van der Waals surface area contributed by atoms with Gasteiger partial charge in [0.25, 0.3) is 0 Å². The normalized spacial score (nSPS) is 25.9. The fraction of sp³-hybridized carbons (Fsp3) is 0.577. The molecule has 0 unspecified atom stereocenters. The van der Waals surface area contributed by atoms with Gasteiger partial charge in [-0.1, -0.05) is 25.7 Å². The van der Waals surface area contributed by atoms with Crippen molar-refractivity contribution in [2.75, 3.05) is 20.3 Å². The molecule has 1 aliphatic heterocycles. The van der Waals surface area contributed by atoms with Gasteiger partial charge in [0.1, 0.15) is 18.5 Å². The number of rotatable bonds is 7. The Bertz CT molecular complexity index is 1000. The van der Waals surface area contributed by atoms with E-state index < -0.39 is 30.1 Å². The number of amides is 2. The number of aliphatic hydroxyl groups is 2. The van der Waals surface area contributed by atoms with Crippen LogP contribution in [-0.4, -0.2) is 77.8 Å². The fourth-order valence-corrected chi connectivity index (χ4v) is 5.78. The summed E-state index contributed by atoms with van der Waals surface area (Å²) in [6, 6.07) is 2.40. The van der Waals surface area contributed by atoms with Gasteiger partial charge in [-0.3, -0.25) is 14.4 Å². The molecule has 2 amide bonds. The predicted octanol–water partition coefficient (Wildman–Crippen LogP) is 1.70. The Balaban J connectivity index is 1.80. The van der Waals surface area contributed by atoms with Crippen LogP contribution in [0.5, 0.6) is 11.5 Å². The largest absolute Gasteiger partial charge is 0.493 e. The molecule has 3 aliphatic rings. The Kier molecular flexibility index (Phi) is 7.76. The summed E-state index contributed by atoms with van der Waals surface area (Å²) in [5.41, 5.74) is 1.27. The molecule has 2 aliphatic carbocycles. The van der Waals surface area contributed by atoms with Crippen molar-refractivity contribution in [1.29, 1.82) is 0 Å². The van der Waals surface area contributed by atoms with Crippen LogP contribution in [0, 0.1) is 0 Å². The Labute approximate surface area is 205 Å². The van der Waals surface area contributed by atoms with E-state index in [4.69, 9.17) is 9.47 Å². The third kappa shape index (κ3) is 4.79. The van der Waals surface area contributed by atoms with Crippen LogP contribution in [0.25, 0.3) is 0 Å². The van der Waals surface area contributed by atoms with Gasteiger partial charge in [-0.05, 0) is 31.1 Å². The third-order valence-electron chi connectivity index (χ3n) is 7.31. The number of nitrogens with one attached hydrogen (secondary N) is 1. The zero-order valence-corrected chi connectivity index (χ0v) is 20.2. The number of aldehydes is 1. The van der Waals surface area contributed by atoms with Crippen LogP contribution in [0.15, 0.2) is 23.8 Å². The van der Waals surface area contributed by atoms with E-state index in [1.807, 2.05) is 0 Å². The first-order valence-corrected chi connectivity index (χ1v) is 12.3. The van der Waals surface area contributed by atoms with Gasteiger partial charge in [-0.15, -0.1) is 0 Å². The fourth-order valence-electron chi connectivity index (χ4n) is 5.78. The Morgan fingerprint density at radius 2 is 1.94 bits per heavy atom. The van der Waals surface area contributed by atoms with Gasteiger partial charge in [0.05, 0.1) is 25.7 Å². The van der Waals surface area contributed by atoms with Crippen LogP contribution >= 0.6 is 0 Å². The minimum Gasteiger partial charge on any atom is -0.493 e. The Hall–Kier alpha value is -2.91. The molecule has 0 bridgehead atoms. The van der Waals surface area contributed by atoms with Gasteiger partial charge < -0.3 is 29.9 Å². The molecule has 1 saturated carbocycles. The van der Waals surface area contributed by atoms with Gasteiger partial charge in [-0.2, -0.15) is 0 Å². The van der Waals surface area contributed by atoms with Crippen molar-refractivity contribution in [3.8, 4) is 11.5 Å². The summed E-state index contributed by atoms with van der Waals surface area (Å²) < 4.78 is 11.6. The lowest BCUT2D eigenvalue weighted by molar-refractivity contribution is -0.138. The smallest absolute Gasteiger partial charge is 0.247 e. The van der Waals surface area contributed by atoms with Crippen molar-refractivity contribution >= 4 is 18.1 Å². The molecule has 190 valence electrons. The van der Waals surface area contributed by atoms with E-state index in [0.29, 0.717) is 34.5 Å². The molecule has 1 heterocycles. The van der Waals surface area contributed by atoms with Crippen molar-refractivity contribution in [3.05, 3.63) is 34.9 Å². The van der Waals surface area contributed by atoms with Crippen LogP contribution in [-0.2, 0) is 9.59 Å². The van der Waals surface area contributed by atoms with Crippen molar-refractivity contribution in [2.24, 2.45) is 0 Å². The maximum atomic E-state index is 13.3. The molecule has 0 aromatic heterocycles. The lowest BCUT2D eigenvalue weighted by Crippen LogP contribution is -2.58. The Morgan fingerprint density at radius 3 is 2.54 bits per heavy atom. The second-order valence-corrected chi connectivity index (χ2v) is 9.47. The molecule has 0 radical (unpaired) electrons. The van der Waals surface area contributed by atoms with E-state index in [-0.39, 0.29) is 25.1 Å². The number of carbonyl (C=O) groups is 3. The predicted molar refractivity (Wildman–Crippen MR) is 128 cm³/mol. The third-order valence-corrected chi connectivity index (χ3v) is 7.31. The summed E-state index contributed by atoms with van der Waals surface area (Å²) in [7, 11) is 1.46. The molecule has 0 saturated heterocycles. The van der Waals surface area contributed by atoms with E-state index in [1.54, 1.807) is 23.1 Å². The topological polar surface area (TPSA) is 125 Å². The summed E-state index contributed by atoms with van der Waals surface area (Å²) >= 11 is 0. The van der Waals surface area contributed by atoms with Crippen LogP contribution in [0.4, 0.5) is 0 Å². The zero-order chi connectivity index (χ0) is 25.1. The van der Waals surface area contributed by atoms with Crippen LogP contribution in [0.1, 0.15) is 67.3 Å². The molecular weight excluding hydrogens is 452 g/mol. The van der Waals surface area contributed by atoms with E-state index in [1.165, 1.54) is 14.0 Å². The lowest BCUT2D eigenvalue weighted by atomic mass is 9.76. The maximum Gasteiger partial charge on any atom is 0.247 e. The number of carbonyl (C=O) groups excluding carboxylic acids is 3. The van der Waals surface area contributed by atoms with E-state index >= 15 is 0 Å². The van der Waals surface area contributed by atoms with Gasteiger partial charge in [0.15, 0.2) is 11.5 Å². The number of hydrogen-bond acceptors (Lipinski definition) is 7. The standard InChI is InChI=1S/C26H34N2O7/c1-15(31)28(17-7-5-3-4-6-8-17)20-13-19(26(33)27-9-10-29)22-18-11-16(14-30)12-21(34-2)24(18)35-25(22)23(20)32/h11-14,17,20,22-23,25,29,32H,3-10H2,1-2H3,(H,27,33)/t20-,22+,23+,25+/m1/s1. The molecule has 9 heteroatoms. The highest BCUT2D eigenvalue weighted by atomic mass is 16.5. The van der Waals surface area contributed by atoms with Crippen molar-refractivity contribution in [1.82, 2.24) is 10.2 Å². The maximum absolute atomic E-state index is 13.3. The van der Waals surface area contributed by atoms with Crippen LogP contribution in [0.3, 0.4) is 0 Å².